The van der Waals surface area contributed by atoms with Gasteiger partial charge in [-0.15, -0.1) is 5.10 Å². The number of carbonyl (C=O) groups excluding carboxylic acids is 2. The van der Waals surface area contributed by atoms with Crippen LogP contribution in [-0.2, 0) is 22.7 Å². The number of benzene rings is 2. The molecule has 0 unspecified atom stereocenters. The first-order valence-electron chi connectivity index (χ1n) is 8.98. The lowest BCUT2D eigenvalue weighted by atomic mass is 10.1. The van der Waals surface area contributed by atoms with Crippen LogP contribution in [0.2, 0.25) is 0 Å². The molecule has 0 atom stereocenters. The number of aromatic nitrogens is 4. The number of esters is 1. The van der Waals surface area contributed by atoms with Crippen LogP contribution in [-0.4, -0.2) is 32.1 Å². The summed E-state index contributed by atoms with van der Waals surface area (Å²) in [4.78, 5) is 36.8. The molecule has 11 heteroatoms. The number of para-hydroxylation sites is 1. The molecule has 4 aromatic rings. The highest BCUT2D eigenvalue weighted by Gasteiger charge is 2.16. The third kappa shape index (κ3) is 4.83. The molecule has 1 N–H and O–H groups in total. The van der Waals surface area contributed by atoms with E-state index < -0.39 is 17.5 Å². The Morgan fingerprint density at radius 3 is 2.81 bits per heavy atom. The Bertz CT molecular complexity index is 1320. The zero-order valence-corrected chi connectivity index (χ0v) is 17.4. The minimum atomic E-state index is -0.656. The molecule has 0 saturated carbocycles. The summed E-state index contributed by atoms with van der Waals surface area (Å²) in [5, 5.41) is 13.8. The lowest BCUT2D eigenvalue weighted by Gasteiger charge is -2.11. The summed E-state index contributed by atoms with van der Waals surface area (Å²) in [6, 6.07) is 12.9. The summed E-state index contributed by atoms with van der Waals surface area (Å²) >= 11 is 3.33. The summed E-state index contributed by atoms with van der Waals surface area (Å²) in [5.41, 5.74) is 0.789. The Morgan fingerprint density at radius 1 is 1.16 bits per heavy atom. The average molecular weight is 484 g/mol. The van der Waals surface area contributed by atoms with Gasteiger partial charge in [-0.1, -0.05) is 28.1 Å². The predicted octanol–water partition coefficient (Wildman–Crippen LogP) is 2.54. The van der Waals surface area contributed by atoms with E-state index in [9.17, 15) is 14.4 Å². The number of fused-ring (bicyclic) bond motifs is 1. The summed E-state index contributed by atoms with van der Waals surface area (Å²) in [6.07, 6.45) is 1.30. The van der Waals surface area contributed by atoms with E-state index in [1.165, 1.54) is 23.1 Å². The van der Waals surface area contributed by atoms with Crippen molar-refractivity contribution in [2.75, 3.05) is 5.32 Å². The van der Waals surface area contributed by atoms with Crippen molar-refractivity contribution in [1.29, 1.82) is 0 Å². The van der Waals surface area contributed by atoms with Crippen LogP contribution in [0.4, 0.5) is 5.69 Å². The molecular weight excluding hydrogens is 470 g/mol. The van der Waals surface area contributed by atoms with Gasteiger partial charge >= 0.3 is 11.6 Å². The van der Waals surface area contributed by atoms with Crippen molar-refractivity contribution in [2.45, 2.75) is 13.2 Å². The molecule has 10 nitrogen and oxygen atoms in total. The van der Waals surface area contributed by atoms with Crippen LogP contribution >= 0.6 is 15.9 Å². The van der Waals surface area contributed by atoms with Gasteiger partial charge in [-0.2, -0.15) is 0 Å². The molecule has 0 saturated heterocycles. The topological polar surface area (TPSA) is 129 Å². The quantitative estimate of drug-likeness (QED) is 0.327. The Hall–Kier alpha value is -3.86. The number of tetrazole rings is 1. The van der Waals surface area contributed by atoms with Gasteiger partial charge < -0.3 is 14.5 Å². The minimum Gasteiger partial charge on any atom is -0.457 e. The summed E-state index contributed by atoms with van der Waals surface area (Å²) < 4.78 is 12.6. The van der Waals surface area contributed by atoms with Crippen LogP contribution < -0.4 is 10.9 Å². The molecule has 0 fully saturated rings. The van der Waals surface area contributed by atoms with Gasteiger partial charge in [0, 0.05) is 21.5 Å². The maximum Gasteiger partial charge on any atom is 0.340 e. The Labute approximate surface area is 182 Å². The molecule has 2 heterocycles. The van der Waals surface area contributed by atoms with E-state index in [1.54, 1.807) is 36.4 Å². The number of hydrogen-bond acceptors (Lipinski definition) is 8. The number of nitrogens with one attached hydrogen (secondary N) is 1. The van der Waals surface area contributed by atoms with Crippen LogP contribution in [0, 0.1) is 0 Å². The van der Waals surface area contributed by atoms with Crippen LogP contribution in [0.5, 0.6) is 0 Å². The van der Waals surface area contributed by atoms with E-state index in [0.717, 1.165) is 4.47 Å². The minimum absolute atomic E-state index is 0.113. The second kappa shape index (κ2) is 8.88. The van der Waals surface area contributed by atoms with E-state index in [-0.39, 0.29) is 24.4 Å². The molecule has 0 aliphatic carbocycles. The van der Waals surface area contributed by atoms with E-state index in [2.05, 4.69) is 36.8 Å². The fourth-order valence-electron chi connectivity index (χ4n) is 2.90. The van der Waals surface area contributed by atoms with Gasteiger partial charge in [-0.05, 0) is 40.8 Å². The van der Waals surface area contributed by atoms with E-state index in [0.29, 0.717) is 16.5 Å². The monoisotopic (exact) mass is 483 g/mol. The van der Waals surface area contributed by atoms with Crippen molar-refractivity contribution in [3.05, 3.63) is 80.9 Å². The molecule has 31 heavy (non-hydrogen) atoms. The highest BCUT2D eigenvalue weighted by molar-refractivity contribution is 9.10. The van der Waals surface area contributed by atoms with Crippen molar-refractivity contribution >= 4 is 44.5 Å². The standard InChI is InChI=1S/C20H14BrN5O5/c21-13-5-6-14-12(7-19(28)31-17(14)8-13)10-30-20(29)15-3-1-2-4-16(15)23-18(27)9-26-11-22-24-25-26/h1-8,11H,9-10H2,(H,23,27). The van der Waals surface area contributed by atoms with Crippen molar-refractivity contribution < 1.29 is 18.7 Å². The Kier molecular flexibility index (Phi) is 5.85. The second-order valence-corrected chi connectivity index (χ2v) is 7.32. The van der Waals surface area contributed by atoms with Gasteiger partial charge in [0.15, 0.2) is 0 Å². The van der Waals surface area contributed by atoms with E-state index >= 15 is 0 Å². The molecule has 2 aromatic carbocycles. The molecule has 0 radical (unpaired) electrons. The first-order valence-corrected chi connectivity index (χ1v) is 9.78. The van der Waals surface area contributed by atoms with Crippen molar-refractivity contribution in [3.63, 3.8) is 0 Å². The van der Waals surface area contributed by atoms with Crippen LogP contribution in [0.3, 0.4) is 0 Å². The largest absolute Gasteiger partial charge is 0.457 e. The first kappa shape index (κ1) is 20.4. The third-order valence-corrected chi connectivity index (χ3v) is 4.76. The zero-order chi connectivity index (χ0) is 21.8. The van der Waals surface area contributed by atoms with E-state index in [4.69, 9.17) is 9.15 Å². The van der Waals surface area contributed by atoms with Gasteiger partial charge in [0.25, 0.3) is 0 Å². The Morgan fingerprint density at radius 2 is 2.00 bits per heavy atom. The normalized spacial score (nSPS) is 10.7. The lowest BCUT2D eigenvalue weighted by molar-refractivity contribution is -0.116. The van der Waals surface area contributed by atoms with E-state index in [1.807, 2.05) is 0 Å². The molecule has 4 rings (SSSR count). The number of amides is 1. The SMILES string of the molecule is O=C(Cn1cnnn1)Nc1ccccc1C(=O)OCc1cc(=O)oc2cc(Br)ccc12. The molecule has 1 amide bonds. The highest BCUT2D eigenvalue weighted by Crippen LogP contribution is 2.23. The molecule has 0 spiro atoms. The lowest BCUT2D eigenvalue weighted by Crippen LogP contribution is -2.21. The predicted molar refractivity (Wildman–Crippen MR) is 112 cm³/mol. The molecule has 0 bridgehead atoms. The average Bonchev–Trinajstić information content (AvgIpc) is 3.24. The number of nitrogens with zero attached hydrogens (tertiary/aromatic N) is 4. The molecule has 0 aliphatic heterocycles. The van der Waals surface area contributed by atoms with Gasteiger partial charge in [-0.3, -0.25) is 4.79 Å². The van der Waals surface area contributed by atoms with Crippen LogP contribution in [0.1, 0.15) is 15.9 Å². The maximum absolute atomic E-state index is 12.7. The van der Waals surface area contributed by atoms with Gasteiger partial charge in [-0.25, -0.2) is 14.3 Å². The third-order valence-electron chi connectivity index (χ3n) is 4.27. The number of ether oxygens (including phenoxy) is 1. The number of hydrogen-bond donors (Lipinski definition) is 1. The molecule has 2 aromatic heterocycles. The summed E-state index contributed by atoms with van der Waals surface area (Å²) in [5.74, 6) is -1.07. The number of halogens is 1. The van der Waals surface area contributed by atoms with Gasteiger partial charge in [0.05, 0.1) is 11.3 Å². The smallest absolute Gasteiger partial charge is 0.340 e. The molecule has 0 aliphatic rings. The van der Waals surface area contributed by atoms with Crippen LogP contribution in [0.25, 0.3) is 11.0 Å². The zero-order valence-electron chi connectivity index (χ0n) is 15.8. The molecular formula is C20H14BrN5O5. The van der Waals surface area contributed by atoms with Crippen molar-refractivity contribution in [3.8, 4) is 0 Å². The fourth-order valence-corrected chi connectivity index (χ4v) is 3.24. The van der Waals surface area contributed by atoms with Crippen LogP contribution in [0.15, 0.2) is 68.5 Å². The first-order chi connectivity index (χ1) is 15.0. The van der Waals surface area contributed by atoms with Crippen molar-refractivity contribution in [1.82, 2.24) is 20.2 Å². The fraction of sp³-hybridized carbons (Fsp3) is 0.100. The summed E-state index contributed by atoms with van der Waals surface area (Å²) in [7, 11) is 0. The van der Waals surface area contributed by atoms with Crippen molar-refractivity contribution in [2.24, 2.45) is 0 Å². The highest BCUT2D eigenvalue weighted by atomic mass is 79.9. The maximum atomic E-state index is 12.7. The van der Waals surface area contributed by atoms with Gasteiger partial charge in [0.2, 0.25) is 5.91 Å². The Balaban J connectivity index is 1.50. The second-order valence-electron chi connectivity index (χ2n) is 6.41. The summed E-state index contributed by atoms with van der Waals surface area (Å²) in [6.45, 7) is -0.257. The number of carbonyl (C=O) groups is 2. The number of anilines is 1. The number of rotatable bonds is 6. The molecule has 156 valence electrons. The van der Waals surface area contributed by atoms with Gasteiger partial charge in [0.1, 0.15) is 25.1 Å².